The van der Waals surface area contributed by atoms with Crippen LogP contribution in [0.1, 0.15) is 21.5 Å². The van der Waals surface area contributed by atoms with E-state index < -0.39 is 0 Å². The molecule has 1 fully saturated rings. The van der Waals surface area contributed by atoms with Crippen LogP contribution in [0.5, 0.6) is 0 Å². The number of amides is 1. The summed E-state index contributed by atoms with van der Waals surface area (Å²) in [7, 11) is 0. The fourth-order valence-corrected chi connectivity index (χ4v) is 3.58. The maximum Gasteiger partial charge on any atom is 0.257 e. The fraction of sp³-hybridized carbons (Fsp3) is 0.273. The summed E-state index contributed by atoms with van der Waals surface area (Å²) in [6.45, 7) is 5.99. The molecule has 0 unspecified atom stereocenters. The number of hydrogen-bond acceptors (Lipinski definition) is 3. The monoisotopic (exact) mass is 360 g/mol. The Bertz CT molecular complexity index is 911. The molecule has 1 aliphatic heterocycles. The number of aryl methyl sites for hydroxylation is 1. The Hall–Kier alpha value is -3.08. The largest absolute Gasteiger partial charge is 0.368 e. The zero-order chi connectivity index (χ0) is 18.6. The summed E-state index contributed by atoms with van der Waals surface area (Å²) >= 11 is 0. The topological polar surface area (TPSA) is 41.4 Å². The number of hydrogen-bond donors (Lipinski definition) is 0. The van der Waals surface area contributed by atoms with Gasteiger partial charge >= 0.3 is 0 Å². The van der Waals surface area contributed by atoms with Crippen molar-refractivity contribution in [2.45, 2.75) is 13.5 Å². The van der Waals surface area contributed by atoms with Gasteiger partial charge in [0.25, 0.3) is 5.91 Å². The first kappa shape index (κ1) is 17.3. The minimum atomic E-state index is 0.0683. The van der Waals surface area contributed by atoms with Gasteiger partial charge in [-0.2, -0.15) is 5.10 Å². The molecule has 0 spiro atoms. The molecule has 1 saturated heterocycles. The van der Waals surface area contributed by atoms with E-state index in [4.69, 9.17) is 0 Å². The third kappa shape index (κ3) is 3.87. The van der Waals surface area contributed by atoms with Crippen molar-refractivity contribution in [1.29, 1.82) is 0 Å². The average Bonchev–Trinajstić information content (AvgIpc) is 3.17. The highest BCUT2D eigenvalue weighted by molar-refractivity contribution is 5.93. The summed E-state index contributed by atoms with van der Waals surface area (Å²) in [6.07, 6.45) is 3.53. The molecule has 0 atom stereocenters. The number of benzene rings is 2. The van der Waals surface area contributed by atoms with Crippen molar-refractivity contribution >= 4 is 11.6 Å². The zero-order valence-electron chi connectivity index (χ0n) is 15.6. The summed E-state index contributed by atoms with van der Waals surface area (Å²) in [6, 6.07) is 18.6. The van der Waals surface area contributed by atoms with Crippen LogP contribution in [-0.4, -0.2) is 46.8 Å². The fourth-order valence-electron chi connectivity index (χ4n) is 3.58. The number of rotatable bonds is 4. The van der Waals surface area contributed by atoms with Gasteiger partial charge in [-0.3, -0.25) is 9.48 Å². The van der Waals surface area contributed by atoms with Crippen LogP contribution in [-0.2, 0) is 6.54 Å². The molecule has 5 nitrogen and oxygen atoms in total. The first-order chi connectivity index (χ1) is 13.2. The molecule has 3 aromatic rings. The van der Waals surface area contributed by atoms with E-state index in [0.29, 0.717) is 12.1 Å². The van der Waals surface area contributed by atoms with E-state index in [1.807, 2.05) is 34.0 Å². The highest BCUT2D eigenvalue weighted by atomic mass is 16.2. The van der Waals surface area contributed by atoms with Crippen molar-refractivity contribution in [2.24, 2.45) is 0 Å². The van der Waals surface area contributed by atoms with Crippen molar-refractivity contribution in [3.05, 3.63) is 83.7 Å². The molecule has 0 aliphatic carbocycles. The normalized spacial score (nSPS) is 14.4. The quantitative estimate of drug-likeness (QED) is 0.717. The second kappa shape index (κ2) is 7.66. The smallest absolute Gasteiger partial charge is 0.257 e. The summed E-state index contributed by atoms with van der Waals surface area (Å²) in [5, 5.41) is 4.36. The summed E-state index contributed by atoms with van der Waals surface area (Å²) in [5.74, 6) is 0.0683. The Morgan fingerprint density at radius 2 is 1.67 bits per heavy atom. The Morgan fingerprint density at radius 3 is 2.41 bits per heavy atom. The second-order valence-electron chi connectivity index (χ2n) is 6.98. The van der Waals surface area contributed by atoms with E-state index in [2.05, 4.69) is 53.3 Å². The molecule has 0 N–H and O–H groups in total. The summed E-state index contributed by atoms with van der Waals surface area (Å²) in [4.78, 5) is 17.1. The number of aromatic nitrogens is 2. The van der Waals surface area contributed by atoms with Gasteiger partial charge in [-0.25, -0.2) is 0 Å². The molecule has 4 rings (SSSR count). The van der Waals surface area contributed by atoms with Gasteiger partial charge in [-0.05, 0) is 24.1 Å². The first-order valence-corrected chi connectivity index (χ1v) is 9.37. The van der Waals surface area contributed by atoms with Crippen LogP contribution in [0.3, 0.4) is 0 Å². The first-order valence-electron chi connectivity index (χ1n) is 9.37. The predicted octanol–water partition coefficient (Wildman–Crippen LogP) is 3.20. The highest BCUT2D eigenvalue weighted by Gasteiger charge is 2.23. The van der Waals surface area contributed by atoms with E-state index in [9.17, 15) is 4.79 Å². The lowest BCUT2D eigenvalue weighted by atomic mass is 10.1. The number of anilines is 1. The molecule has 1 aromatic heterocycles. The van der Waals surface area contributed by atoms with E-state index >= 15 is 0 Å². The third-order valence-electron chi connectivity index (χ3n) is 5.09. The van der Waals surface area contributed by atoms with Gasteiger partial charge in [0.2, 0.25) is 0 Å². The van der Waals surface area contributed by atoms with Crippen molar-refractivity contribution in [3.63, 3.8) is 0 Å². The van der Waals surface area contributed by atoms with Crippen LogP contribution >= 0.6 is 0 Å². The molecule has 0 bridgehead atoms. The van der Waals surface area contributed by atoms with Gasteiger partial charge in [0.15, 0.2) is 0 Å². The molecule has 138 valence electrons. The van der Waals surface area contributed by atoms with Crippen LogP contribution in [0.15, 0.2) is 67.0 Å². The number of piperazine rings is 1. The minimum Gasteiger partial charge on any atom is -0.368 e. The van der Waals surface area contributed by atoms with Crippen molar-refractivity contribution < 1.29 is 4.79 Å². The maximum atomic E-state index is 12.8. The molecular formula is C22H24N4O. The van der Waals surface area contributed by atoms with E-state index in [1.54, 1.807) is 6.20 Å². The Kier molecular flexibility index (Phi) is 4.92. The standard InChI is InChI=1S/C22H24N4O/c1-18-7-5-6-10-21(18)24-11-13-25(14-12-24)22(27)20-15-23-26(17-20)16-19-8-3-2-4-9-19/h2-10,15,17H,11-14,16H2,1H3. The molecule has 0 saturated carbocycles. The molecular weight excluding hydrogens is 336 g/mol. The number of para-hydroxylation sites is 1. The molecule has 27 heavy (non-hydrogen) atoms. The van der Waals surface area contributed by atoms with Gasteiger partial charge in [0.1, 0.15) is 0 Å². The van der Waals surface area contributed by atoms with Crippen LogP contribution in [0.2, 0.25) is 0 Å². The molecule has 5 heteroatoms. The summed E-state index contributed by atoms with van der Waals surface area (Å²) in [5.41, 5.74) is 4.38. The van der Waals surface area contributed by atoms with Crippen LogP contribution in [0, 0.1) is 6.92 Å². The Labute approximate surface area is 159 Å². The molecule has 2 heterocycles. The lowest BCUT2D eigenvalue weighted by molar-refractivity contribution is 0.0746. The van der Waals surface area contributed by atoms with Gasteiger partial charge < -0.3 is 9.80 Å². The van der Waals surface area contributed by atoms with Gasteiger partial charge in [0.05, 0.1) is 18.3 Å². The second-order valence-corrected chi connectivity index (χ2v) is 6.98. The van der Waals surface area contributed by atoms with E-state index in [0.717, 1.165) is 26.2 Å². The highest BCUT2D eigenvalue weighted by Crippen LogP contribution is 2.21. The number of carbonyl (C=O) groups excluding carboxylic acids is 1. The maximum absolute atomic E-state index is 12.8. The summed E-state index contributed by atoms with van der Waals surface area (Å²) < 4.78 is 1.83. The predicted molar refractivity (Wildman–Crippen MR) is 107 cm³/mol. The SMILES string of the molecule is Cc1ccccc1N1CCN(C(=O)c2cnn(Cc3ccccc3)c2)CC1. The Balaban J connectivity index is 1.38. The molecule has 2 aromatic carbocycles. The lowest BCUT2D eigenvalue weighted by Gasteiger charge is -2.36. The van der Waals surface area contributed by atoms with Crippen molar-refractivity contribution in [2.75, 3.05) is 31.1 Å². The average molecular weight is 360 g/mol. The number of nitrogens with zero attached hydrogens (tertiary/aromatic N) is 4. The van der Waals surface area contributed by atoms with Gasteiger partial charge in [-0.1, -0.05) is 48.5 Å². The minimum absolute atomic E-state index is 0.0683. The molecule has 1 aliphatic rings. The molecule has 1 amide bonds. The van der Waals surface area contributed by atoms with E-state index in [-0.39, 0.29) is 5.91 Å². The van der Waals surface area contributed by atoms with E-state index in [1.165, 1.54) is 16.8 Å². The Morgan fingerprint density at radius 1 is 0.963 bits per heavy atom. The lowest BCUT2D eigenvalue weighted by Crippen LogP contribution is -2.48. The van der Waals surface area contributed by atoms with Crippen molar-refractivity contribution in [3.8, 4) is 0 Å². The van der Waals surface area contributed by atoms with Crippen LogP contribution in [0.4, 0.5) is 5.69 Å². The zero-order valence-corrected chi connectivity index (χ0v) is 15.6. The van der Waals surface area contributed by atoms with Crippen LogP contribution in [0.25, 0.3) is 0 Å². The van der Waals surface area contributed by atoms with Gasteiger partial charge in [-0.15, -0.1) is 0 Å². The third-order valence-corrected chi connectivity index (χ3v) is 5.09. The van der Waals surface area contributed by atoms with Crippen LogP contribution < -0.4 is 4.90 Å². The molecule has 0 radical (unpaired) electrons. The van der Waals surface area contributed by atoms with Gasteiger partial charge in [0, 0.05) is 38.1 Å². The number of carbonyl (C=O) groups is 1. The van der Waals surface area contributed by atoms with Crippen molar-refractivity contribution in [1.82, 2.24) is 14.7 Å².